The molecule has 1 heterocycles. The Balaban J connectivity index is 1.85. The summed E-state index contributed by atoms with van der Waals surface area (Å²) >= 11 is 5.89. The molecule has 0 aliphatic carbocycles. The monoisotopic (exact) mass is 450 g/mol. The van der Waals surface area contributed by atoms with E-state index in [0.29, 0.717) is 29.5 Å². The van der Waals surface area contributed by atoms with Crippen LogP contribution in [0.15, 0.2) is 47.4 Å². The quantitative estimate of drug-likeness (QED) is 0.674. The summed E-state index contributed by atoms with van der Waals surface area (Å²) in [7, 11) is -3.62. The van der Waals surface area contributed by atoms with E-state index in [0.717, 1.165) is 24.8 Å². The van der Waals surface area contributed by atoms with Crippen LogP contribution < -0.4 is 10.1 Å². The third kappa shape index (κ3) is 5.74. The second-order valence-corrected chi connectivity index (χ2v) is 10.0. The molecular formula is C22H27ClN2O4S. The Kier molecular flexibility index (Phi) is 7.39. The van der Waals surface area contributed by atoms with Crippen molar-refractivity contribution in [1.82, 2.24) is 4.31 Å². The number of hydrogen-bond acceptors (Lipinski definition) is 4. The zero-order valence-corrected chi connectivity index (χ0v) is 18.8. The zero-order valence-electron chi connectivity index (χ0n) is 17.2. The van der Waals surface area contributed by atoms with Crippen molar-refractivity contribution in [2.45, 2.75) is 50.5 Å². The van der Waals surface area contributed by atoms with Crippen molar-refractivity contribution in [1.29, 1.82) is 0 Å². The van der Waals surface area contributed by atoms with Crippen molar-refractivity contribution in [3.05, 3.63) is 53.1 Å². The molecule has 30 heavy (non-hydrogen) atoms. The van der Waals surface area contributed by atoms with Gasteiger partial charge in [0.05, 0.1) is 23.1 Å². The molecule has 1 aliphatic rings. The maximum atomic E-state index is 13.0. The molecule has 6 nitrogen and oxygen atoms in total. The number of piperidine rings is 1. The molecule has 0 spiro atoms. The van der Waals surface area contributed by atoms with Gasteiger partial charge in [-0.1, -0.05) is 30.2 Å². The molecule has 0 bridgehead atoms. The number of benzene rings is 2. The number of nitrogens with zero attached hydrogens (tertiary/aromatic N) is 1. The molecule has 1 saturated heterocycles. The van der Waals surface area contributed by atoms with E-state index in [-0.39, 0.29) is 23.3 Å². The van der Waals surface area contributed by atoms with Crippen molar-refractivity contribution in [3.8, 4) is 5.75 Å². The lowest BCUT2D eigenvalue weighted by Crippen LogP contribution is -2.35. The minimum atomic E-state index is -3.62. The first kappa shape index (κ1) is 22.6. The summed E-state index contributed by atoms with van der Waals surface area (Å²) in [5, 5.41) is 3.41. The summed E-state index contributed by atoms with van der Waals surface area (Å²) in [6.07, 6.45) is 2.78. The van der Waals surface area contributed by atoms with Gasteiger partial charge in [-0.05, 0) is 62.6 Å². The predicted molar refractivity (Wildman–Crippen MR) is 119 cm³/mol. The summed E-state index contributed by atoms with van der Waals surface area (Å²) in [5.41, 5.74) is 1.15. The lowest BCUT2D eigenvalue weighted by molar-refractivity contribution is -0.115. The highest BCUT2D eigenvalue weighted by Crippen LogP contribution is 2.31. The normalized spacial score (nSPS) is 15.2. The molecule has 0 saturated carbocycles. The number of amides is 1. The van der Waals surface area contributed by atoms with E-state index in [1.165, 1.54) is 16.4 Å². The molecule has 1 N–H and O–H groups in total. The number of carbonyl (C=O) groups is 1. The van der Waals surface area contributed by atoms with Gasteiger partial charge < -0.3 is 10.1 Å². The Bertz CT molecular complexity index is 985. The van der Waals surface area contributed by atoms with E-state index < -0.39 is 10.0 Å². The van der Waals surface area contributed by atoms with E-state index in [4.69, 9.17) is 16.3 Å². The fraction of sp³-hybridized carbons (Fsp3) is 0.409. The molecule has 8 heteroatoms. The van der Waals surface area contributed by atoms with Crippen LogP contribution >= 0.6 is 11.6 Å². The molecule has 0 radical (unpaired) electrons. The van der Waals surface area contributed by atoms with Gasteiger partial charge in [0.25, 0.3) is 0 Å². The number of anilines is 1. The molecule has 0 unspecified atom stereocenters. The van der Waals surface area contributed by atoms with E-state index in [1.807, 2.05) is 13.8 Å². The smallest absolute Gasteiger partial charge is 0.243 e. The van der Waals surface area contributed by atoms with Gasteiger partial charge in [0, 0.05) is 18.1 Å². The van der Waals surface area contributed by atoms with Crippen molar-refractivity contribution < 1.29 is 17.9 Å². The van der Waals surface area contributed by atoms with Gasteiger partial charge in [0.2, 0.25) is 15.9 Å². The maximum Gasteiger partial charge on any atom is 0.243 e. The Hall–Kier alpha value is -2.09. The molecule has 0 aromatic heterocycles. The van der Waals surface area contributed by atoms with Crippen molar-refractivity contribution in [2.75, 3.05) is 18.4 Å². The van der Waals surface area contributed by atoms with Crippen LogP contribution in [0.2, 0.25) is 5.02 Å². The van der Waals surface area contributed by atoms with E-state index >= 15 is 0 Å². The summed E-state index contributed by atoms with van der Waals surface area (Å²) in [6.45, 7) is 4.78. The first-order valence-corrected chi connectivity index (χ1v) is 11.9. The minimum absolute atomic E-state index is 0.124. The number of carbonyl (C=O) groups excluding carboxylic acids is 1. The molecule has 2 aromatic rings. The lowest BCUT2D eigenvalue weighted by atomic mass is 10.1. The summed E-state index contributed by atoms with van der Waals surface area (Å²) in [4.78, 5) is 12.8. The Morgan fingerprint density at radius 3 is 2.40 bits per heavy atom. The lowest BCUT2D eigenvalue weighted by Gasteiger charge is -2.26. The van der Waals surface area contributed by atoms with Gasteiger partial charge >= 0.3 is 0 Å². The minimum Gasteiger partial charge on any atom is -0.489 e. The van der Waals surface area contributed by atoms with Crippen molar-refractivity contribution in [3.63, 3.8) is 0 Å². The van der Waals surface area contributed by atoms with Crippen molar-refractivity contribution >= 4 is 33.2 Å². The topological polar surface area (TPSA) is 75.7 Å². The molecule has 2 aromatic carbocycles. The Labute approximate surface area is 183 Å². The van der Waals surface area contributed by atoms with E-state index in [1.54, 1.807) is 30.3 Å². The zero-order chi connectivity index (χ0) is 21.7. The van der Waals surface area contributed by atoms with Crippen LogP contribution in [-0.2, 0) is 21.2 Å². The second-order valence-electron chi connectivity index (χ2n) is 7.64. The average Bonchev–Trinajstić information content (AvgIpc) is 2.71. The van der Waals surface area contributed by atoms with Gasteiger partial charge in [-0.2, -0.15) is 4.31 Å². The first-order valence-electron chi connectivity index (χ1n) is 10.1. The highest BCUT2D eigenvalue weighted by Gasteiger charge is 2.27. The second kappa shape index (κ2) is 9.81. The van der Waals surface area contributed by atoms with Crippen LogP contribution in [0.25, 0.3) is 0 Å². The standard InChI is InChI=1S/C22H27ClN2O4S/c1-16(2)29-21-11-10-19(30(27,28)25-12-4-3-5-13-25)15-20(21)24-22(26)14-17-6-8-18(23)9-7-17/h6-11,15-16H,3-5,12-14H2,1-2H3,(H,24,26). The number of sulfonamides is 1. The SMILES string of the molecule is CC(C)Oc1ccc(S(=O)(=O)N2CCCCC2)cc1NC(=O)Cc1ccc(Cl)cc1. The van der Waals surface area contributed by atoms with Gasteiger partial charge in [-0.25, -0.2) is 8.42 Å². The number of hydrogen-bond donors (Lipinski definition) is 1. The highest BCUT2D eigenvalue weighted by atomic mass is 35.5. The molecule has 1 fully saturated rings. The Morgan fingerprint density at radius 2 is 1.77 bits per heavy atom. The van der Waals surface area contributed by atoms with Crippen molar-refractivity contribution in [2.24, 2.45) is 0 Å². The van der Waals surface area contributed by atoms with E-state index in [9.17, 15) is 13.2 Å². The molecule has 1 amide bonds. The molecular weight excluding hydrogens is 424 g/mol. The Morgan fingerprint density at radius 1 is 1.10 bits per heavy atom. The van der Waals surface area contributed by atoms with Gasteiger partial charge in [0.15, 0.2) is 0 Å². The number of halogens is 1. The fourth-order valence-corrected chi connectivity index (χ4v) is 5.03. The molecule has 3 rings (SSSR count). The number of rotatable bonds is 7. The highest BCUT2D eigenvalue weighted by molar-refractivity contribution is 7.89. The summed E-state index contributed by atoms with van der Waals surface area (Å²) < 4.78 is 33.4. The van der Waals surface area contributed by atoms with Crippen LogP contribution in [0, 0.1) is 0 Å². The largest absolute Gasteiger partial charge is 0.489 e. The molecule has 1 aliphatic heterocycles. The maximum absolute atomic E-state index is 13.0. The van der Waals surface area contributed by atoms with Gasteiger partial charge in [-0.15, -0.1) is 0 Å². The first-order chi connectivity index (χ1) is 14.3. The van der Waals surface area contributed by atoms with Crippen LogP contribution in [-0.4, -0.2) is 37.8 Å². The molecule has 162 valence electrons. The number of ether oxygens (including phenoxy) is 1. The number of nitrogens with one attached hydrogen (secondary N) is 1. The van der Waals surface area contributed by atoms with Crippen LogP contribution in [0.3, 0.4) is 0 Å². The fourth-order valence-electron chi connectivity index (χ4n) is 3.36. The van der Waals surface area contributed by atoms with Crippen LogP contribution in [0.5, 0.6) is 5.75 Å². The molecule has 0 atom stereocenters. The van der Waals surface area contributed by atoms with Gasteiger partial charge in [-0.3, -0.25) is 4.79 Å². The third-order valence-corrected chi connectivity index (χ3v) is 6.97. The van der Waals surface area contributed by atoms with E-state index in [2.05, 4.69) is 5.32 Å². The average molecular weight is 451 g/mol. The summed E-state index contributed by atoms with van der Waals surface area (Å²) in [5.74, 6) is 0.172. The third-order valence-electron chi connectivity index (χ3n) is 4.82. The van der Waals surface area contributed by atoms with Crippen LogP contribution in [0.1, 0.15) is 38.7 Å². The van der Waals surface area contributed by atoms with Crippen LogP contribution in [0.4, 0.5) is 5.69 Å². The van der Waals surface area contributed by atoms with Gasteiger partial charge in [0.1, 0.15) is 5.75 Å². The summed E-state index contributed by atoms with van der Waals surface area (Å²) in [6, 6.07) is 11.6. The predicted octanol–water partition coefficient (Wildman–Crippen LogP) is 4.48.